The van der Waals surface area contributed by atoms with Gasteiger partial charge in [0.2, 0.25) is 0 Å². The minimum Gasteiger partial charge on any atom is -0.366 e. The van der Waals surface area contributed by atoms with E-state index in [0.29, 0.717) is 24.1 Å². The second-order valence-corrected chi connectivity index (χ2v) is 6.43. The molecule has 1 aliphatic carbocycles. The average Bonchev–Trinajstić information content (AvgIpc) is 2.58. The van der Waals surface area contributed by atoms with E-state index in [1.54, 1.807) is 0 Å². The van der Waals surface area contributed by atoms with Crippen LogP contribution in [0.1, 0.15) is 54.6 Å². The van der Waals surface area contributed by atoms with E-state index in [9.17, 15) is 10.1 Å². The molecule has 5 heteroatoms. The van der Waals surface area contributed by atoms with Gasteiger partial charge in [-0.2, -0.15) is 5.26 Å². The summed E-state index contributed by atoms with van der Waals surface area (Å²) in [5.41, 5.74) is 1.99. The quantitative estimate of drug-likeness (QED) is 0.905. The lowest BCUT2D eigenvalue weighted by atomic mass is 9.95. The molecule has 0 aliphatic heterocycles. The normalized spacial score (nSPS) is 15.0. The highest BCUT2D eigenvalue weighted by Gasteiger charge is 2.18. The Labute approximate surface area is 141 Å². The molecule has 2 aromatic rings. The third-order valence-electron chi connectivity index (χ3n) is 4.65. The highest BCUT2D eigenvalue weighted by molar-refractivity contribution is 5.51. The van der Waals surface area contributed by atoms with Crippen LogP contribution >= 0.6 is 0 Å². The third kappa shape index (κ3) is 3.65. The number of hydrogen-bond donors (Lipinski definition) is 2. The highest BCUT2D eigenvalue weighted by atomic mass is 16.1. The lowest BCUT2D eigenvalue weighted by Crippen LogP contribution is -2.26. The zero-order valence-electron chi connectivity index (χ0n) is 13.9. The molecule has 3 rings (SSSR count). The van der Waals surface area contributed by atoms with Crippen molar-refractivity contribution in [1.29, 1.82) is 5.26 Å². The van der Waals surface area contributed by atoms with Crippen LogP contribution in [0, 0.1) is 18.3 Å². The molecule has 24 heavy (non-hydrogen) atoms. The Kier molecular flexibility index (Phi) is 4.95. The van der Waals surface area contributed by atoms with Crippen molar-refractivity contribution in [3.05, 3.63) is 57.1 Å². The van der Waals surface area contributed by atoms with Crippen molar-refractivity contribution in [3.8, 4) is 6.07 Å². The number of rotatable bonds is 4. The third-order valence-corrected chi connectivity index (χ3v) is 4.65. The number of nitriles is 1. The molecule has 1 aromatic heterocycles. The summed E-state index contributed by atoms with van der Waals surface area (Å²) < 4.78 is 0. The number of aromatic nitrogens is 2. The molecule has 0 atom stereocenters. The van der Waals surface area contributed by atoms with Gasteiger partial charge in [0.25, 0.3) is 5.56 Å². The average molecular weight is 322 g/mol. The first kappa shape index (κ1) is 16.3. The summed E-state index contributed by atoms with van der Waals surface area (Å²) >= 11 is 0. The highest BCUT2D eigenvalue weighted by Crippen LogP contribution is 2.22. The van der Waals surface area contributed by atoms with E-state index >= 15 is 0 Å². The van der Waals surface area contributed by atoms with E-state index < -0.39 is 0 Å². The fourth-order valence-corrected chi connectivity index (χ4v) is 3.24. The standard InChI is InChI=1S/C19H22N4O/c1-13-7-5-6-8-14(13)11-17-22-18(16(12-20)19(24)23-17)21-15-9-3-2-4-10-15/h5-8,15H,2-4,9-11H2,1H3,(H2,21,22,23,24). The molecule has 2 N–H and O–H groups in total. The Bertz CT molecular complexity index is 813. The molecule has 1 aliphatic rings. The first-order valence-corrected chi connectivity index (χ1v) is 8.51. The fraction of sp³-hybridized carbons (Fsp3) is 0.421. The summed E-state index contributed by atoms with van der Waals surface area (Å²) in [4.78, 5) is 19.5. The number of aromatic amines is 1. The molecule has 1 heterocycles. The molecule has 1 aromatic carbocycles. The number of nitrogens with zero attached hydrogens (tertiary/aromatic N) is 2. The Morgan fingerprint density at radius 1 is 1.29 bits per heavy atom. The van der Waals surface area contributed by atoms with Crippen LogP contribution in [0.5, 0.6) is 0 Å². The van der Waals surface area contributed by atoms with E-state index in [-0.39, 0.29) is 11.1 Å². The zero-order valence-corrected chi connectivity index (χ0v) is 13.9. The predicted molar refractivity (Wildman–Crippen MR) is 94.1 cm³/mol. The van der Waals surface area contributed by atoms with Gasteiger partial charge in [0.15, 0.2) is 11.4 Å². The molecule has 124 valence electrons. The Hall–Kier alpha value is -2.61. The monoisotopic (exact) mass is 322 g/mol. The molecule has 0 bridgehead atoms. The minimum atomic E-state index is -0.366. The summed E-state index contributed by atoms with van der Waals surface area (Å²) in [5, 5.41) is 12.6. The van der Waals surface area contributed by atoms with Crippen LogP contribution in [-0.4, -0.2) is 16.0 Å². The number of aryl methyl sites for hydroxylation is 1. The van der Waals surface area contributed by atoms with Crippen LogP contribution in [0.4, 0.5) is 5.82 Å². The van der Waals surface area contributed by atoms with Crippen molar-refractivity contribution < 1.29 is 0 Å². The summed E-state index contributed by atoms with van der Waals surface area (Å²) in [5.74, 6) is 1.02. The van der Waals surface area contributed by atoms with Crippen LogP contribution in [-0.2, 0) is 6.42 Å². The predicted octanol–water partition coefficient (Wildman–Crippen LogP) is 3.29. The first-order chi connectivity index (χ1) is 11.7. The molecule has 0 unspecified atom stereocenters. The molecule has 5 nitrogen and oxygen atoms in total. The summed E-state index contributed by atoms with van der Waals surface area (Å²) in [6.07, 6.45) is 6.29. The van der Waals surface area contributed by atoms with Crippen LogP contribution in [0.25, 0.3) is 0 Å². The summed E-state index contributed by atoms with van der Waals surface area (Å²) in [7, 11) is 0. The van der Waals surface area contributed by atoms with Gasteiger partial charge in [-0.25, -0.2) is 4.98 Å². The van der Waals surface area contributed by atoms with Gasteiger partial charge in [-0.05, 0) is 30.9 Å². The Balaban J connectivity index is 1.90. The van der Waals surface area contributed by atoms with Gasteiger partial charge in [-0.3, -0.25) is 4.79 Å². The molecule has 0 radical (unpaired) electrons. The smallest absolute Gasteiger partial charge is 0.271 e. The van der Waals surface area contributed by atoms with Crippen LogP contribution in [0.3, 0.4) is 0 Å². The number of anilines is 1. The van der Waals surface area contributed by atoms with Crippen molar-refractivity contribution in [2.24, 2.45) is 0 Å². The number of benzene rings is 1. The van der Waals surface area contributed by atoms with Crippen molar-refractivity contribution in [2.45, 2.75) is 51.5 Å². The van der Waals surface area contributed by atoms with Crippen LogP contribution in [0.15, 0.2) is 29.1 Å². The fourth-order valence-electron chi connectivity index (χ4n) is 3.24. The van der Waals surface area contributed by atoms with Gasteiger partial charge >= 0.3 is 0 Å². The summed E-state index contributed by atoms with van der Waals surface area (Å²) in [6.45, 7) is 2.04. The second kappa shape index (κ2) is 7.31. The van der Waals surface area contributed by atoms with Gasteiger partial charge in [-0.15, -0.1) is 0 Å². The minimum absolute atomic E-state index is 0.0779. The van der Waals surface area contributed by atoms with E-state index in [1.807, 2.05) is 37.3 Å². The largest absolute Gasteiger partial charge is 0.366 e. The van der Waals surface area contributed by atoms with Crippen molar-refractivity contribution in [3.63, 3.8) is 0 Å². The number of H-pyrrole nitrogens is 1. The lowest BCUT2D eigenvalue weighted by Gasteiger charge is -2.23. The number of nitrogens with one attached hydrogen (secondary N) is 2. The van der Waals surface area contributed by atoms with Gasteiger partial charge in [0.1, 0.15) is 11.9 Å². The van der Waals surface area contributed by atoms with Gasteiger partial charge < -0.3 is 10.3 Å². The molecule has 1 fully saturated rings. The van der Waals surface area contributed by atoms with Crippen molar-refractivity contribution in [1.82, 2.24) is 9.97 Å². The lowest BCUT2D eigenvalue weighted by molar-refractivity contribution is 0.461. The molecule has 0 spiro atoms. The molecule has 1 saturated carbocycles. The number of hydrogen-bond acceptors (Lipinski definition) is 4. The SMILES string of the molecule is Cc1ccccc1Cc1nc(NC2CCCCC2)c(C#N)c(=O)[nH]1. The molecule has 0 amide bonds. The van der Waals surface area contributed by atoms with Crippen molar-refractivity contribution >= 4 is 5.82 Å². The van der Waals surface area contributed by atoms with E-state index in [1.165, 1.54) is 19.3 Å². The van der Waals surface area contributed by atoms with E-state index in [0.717, 1.165) is 24.0 Å². The zero-order chi connectivity index (χ0) is 16.9. The first-order valence-electron chi connectivity index (χ1n) is 8.51. The van der Waals surface area contributed by atoms with E-state index in [2.05, 4.69) is 15.3 Å². The maximum atomic E-state index is 12.3. The van der Waals surface area contributed by atoms with Crippen LogP contribution in [0.2, 0.25) is 0 Å². The van der Waals surface area contributed by atoms with Gasteiger partial charge in [-0.1, -0.05) is 43.5 Å². The summed E-state index contributed by atoms with van der Waals surface area (Å²) in [6, 6.07) is 10.3. The Morgan fingerprint density at radius 3 is 2.75 bits per heavy atom. The van der Waals surface area contributed by atoms with Gasteiger partial charge in [0, 0.05) is 12.5 Å². The van der Waals surface area contributed by atoms with Gasteiger partial charge in [0.05, 0.1) is 0 Å². The van der Waals surface area contributed by atoms with Crippen LogP contribution < -0.4 is 10.9 Å². The maximum absolute atomic E-state index is 12.3. The van der Waals surface area contributed by atoms with E-state index in [4.69, 9.17) is 0 Å². The Morgan fingerprint density at radius 2 is 2.04 bits per heavy atom. The molecular weight excluding hydrogens is 300 g/mol. The topological polar surface area (TPSA) is 81.6 Å². The second-order valence-electron chi connectivity index (χ2n) is 6.43. The van der Waals surface area contributed by atoms with Crippen molar-refractivity contribution in [2.75, 3.05) is 5.32 Å². The maximum Gasteiger partial charge on any atom is 0.271 e. The molecule has 0 saturated heterocycles. The molecular formula is C19H22N4O.